The zero-order chi connectivity index (χ0) is 27.1. The van der Waals surface area contributed by atoms with Crippen LogP contribution in [0.2, 0.25) is 5.02 Å². The van der Waals surface area contributed by atoms with E-state index in [1.807, 2.05) is 41.4 Å². The van der Waals surface area contributed by atoms with Gasteiger partial charge in [-0.1, -0.05) is 60.1 Å². The van der Waals surface area contributed by atoms with E-state index in [1.54, 1.807) is 0 Å². The Labute approximate surface area is 229 Å². The first-order valence-corrected chi connectivity index (χ1v) is 13.3. The highest BCUT2D eigenvalue weighted by molar-refractivity contribution is 6.35. The number of halogens is 2. The lowest BCUT2D eigenvalue weighted by Crippen LogP contribution is -2.54. The minimum Gasteiger partial charge on any atom is -0.465 e. The van der Waals surface area contributed by atoms with Crippen LogP contribution in [0.5, 0.6) is 0 Å². The van der Waals surface area contributed by atoms with E-state index in [1.165, 1.54) is 21.7 Å². The third-order valence-corrected chi connectivity index (χ3v) is 7.90. The number of hydrogen-bond acceptors (Lipinski definition) is 5. The molecule has 0 unspecified atom stereocenters. The predicted octanol–water partition coefficient (Wildman–Crippen LogP) is 4.07. The summed E-state index contributed by atoms with van der Waals surface area (Å²) in [7, 11) is 0. The van der Waals surface area contributed by atoms with Crippen LogP contribution in [0.15, 0.2) is 65.5 Å². The Morgan fingerprint density at radius 2 is 1.69 bits per heavy atom. The fourth-order valence-corrected chi connectivity index (χ4v) is 5.97. The van der Waals surface area contributed by atoms with E-state index in [4.69, 9.17) is 11.6 Å². The number of nitrogens with zero attached hydrogens (tertiary/aromatic N) is 4. The number of carboxylic acid groups (broad SMARTS) is 1. The van der Waals surface area contributed by atoms with E-state index in [9.17, 15) is 19.1 Å². The van der Waals surface area contributed by atoms with Crippen LogP contribution in [-0.4, -0.2) is 65.0 Å². The Kier molecular flexibility index (Phi) is 6.70. The van der Waals surface area contributed by atoms with Gasteiger partial charge in [-0.3, -0.25) is 4.79 Å². The molecule has 1 amide bonds. The number of fused-ring (bicyclic) bond motifs is 4. The summed E-state index contributed by atoms with van der Waals surface area (Å²) >= 11 is 6.31. The molecule has 0 radical (unpaired) electrons. The Bertz CT molecular complexity index is 1590. The average Bonchev–Trinajstić information content (AvgIpc) is 3.26. The van der Waals surface area contributed by atoms with Crippen molar-refractivity contribution in [2.75, 3.05) is 44.3 Å². The minimum atomic E-state index is -1.07. The van der Waals surface area contributed by atoms with Gasteiger partial charge in [-0.25, -0.2) is 18.8 Å². The van der Waals surface area contributed by atoms with Gasteiger partial charge >= 0.3 is 6.09 Å². The number of hydrogen-bond donors (Lipinski definition) is 2. The molecule has 0 spiro atoms. The lowest BCUT2D eigenvalue weighted by molar-refractivity contribution is 0.144. The first-order chi connectivity index (χ1) is 18.9. The van der Waals surface area contributed by atoms with Gasteiger partial charge in [-0.15, -0.1) is 0 Å². The predicted molar refractivity (Wildman–Crippen MR) is 149 cm³/mol. The summed E-state index contributed by atoms with van der Waals surface area (Å²) in [5.74, 6) is -0.465. The number of aromatic nitrogens is 2. The summed E-state index contributed by atoms with van der Waals surface area (Å²) in [4.78, 5) is 32.0. The first kappa shape index (κ1) is 25.3. The largest absolute Gasteiger partial charge is 0.465 e. The molecule has 1 aliphatic carbocycles. The van der Waals surface area contributed by atoms with Crippen molar-refractivity contribution in [1.82, 2.24) is 19.9 Å². The molecule has 0 atom stereocenters. The number of rotatable bonds is 6. The molecule has 1 saturated heterocycles. The highest BCUT2D eigenvalue weighted by atomic mass is 35.5. The Balaban J connectivity index is 1.35. The molecule has 6 rings (SSSR count). The molecule has 0 bridgehead atoms. The van der Waals surface area contributed by atoms with Gasteiger partial charge in [-0.2, -0.15) is 0 Å². The van der Waals surface area contributed by atoms with Crippen molar-refractivity contribution >= 4 is 28.6 Å². The van der Waals surface area contributed by atoms with Crippen LogP contribution >= 0.6 is 11.6 Å². The van der Waals surface area contributed by atoms with Crippen molar-refractivity contribution < 1.29 is 14.3 Å². The van der Waals surface area contributed by atoms with Crippen LogP contribution in [0.1, 0.15) is 22.9 Å². The zero-order valence-electron chi connectivity index (χ0n) is 21.1. The molecular weight excluding hydrogens is 521 g/mol. The van der Waals surface area contributed by atoms with Gasteiger partial charge in [0.15, 0.2) is 0 Å². The Morgan fingerprint density at radius 1 is 1.05 bits per heavy atom. The normalized spacial score (nSPS) is 14.9. The summed E-state index contributed by atoms with van der Waals surface area (Å²) in [5, 5.41) is 15.4. The molecule has 2 heterocycles. The van der Waals surface area contributed by atoms with Crippen LogP contribution in [-0.2, 0) is 6.42 Å². The van der Waals surface area contributed by atoms with Gasteiger partial charge in [0.1, 0.15) is 17.2 Å². The molecule has 1 aliphatic heterocycles. The maximum Gasteiger partial charge on any atom is 0.407 e. The third-order valence-electron chi connectivity index (χ3n) is 7.59. The lowest BCUT2D eigenvalue weighted by atomic mass is 9.96. The molecule has 2 aliphatic rings. The minimum absolute atomic E-state index is 0.0215. The summed E-state index contributed by atoms with van der Waals surface area (Å²) in [6.45, 7) is 2.76. The van der Waals surface area contributed by atoms with E-state index in [0.29, 0.717) is 32.0 Å². The molecule has 1 fully saturated rings. The second-order valence-electron chi connectivity index (χ2n) is 9.81. The molecule has 2 N–H and O–H groups in total. The molecule has 8 nitrogen and oxygen atoms in total. The van der Waals surface area contributed by atoms with Crippen LogP contribution in [0.3, 0.4) is 0 Å². The maximum absolute atomic E-state index is 14.8. The standard InChI is InChI=1S/C29H27ClFN5O3/c30-23-9-10-24(31)27-26(23)28(37)36(35-15-12-32-13-16-35)25(33-27)11-14-34(29(38)39)17-22-20-7-3-1-5-18(20)19-6-2-4-8-21(19)22/h1-10,22,32H,11-17H2,(H,38,39). The SMILES string of the molecule is O=C(O)N(CCc1nc2c(F)ccc(Cl)c2c(=O)n1N1CCNCC1)CC1c2ccccc2-c2ccccc21. The maximum atomic E-state index is 14.8. The number of benzene rings is 3. The number of carbonyl (C=O) groups is 1. The molecule has 1 aromatic heterocycles. The van der Waals surface area contributed by atoms with Crippen molar-refractivity contribution in [3.63, 3.8) is 0 Å². The summed E-state index contributed by atoms with van der Waals surface area (Å²) in [6.07, 6.45) is -0.938. The highest BCUT2D eigenvalue weighted by Crippen LogP contribution is 2.44. The van der Waals surface area contributed by atoms with Gasteiger partial charge in [0, 0.05) is 51.6 Å². The molecule has 39 heavy (non-hydrogen) atoms. The molecule has 200 valence electrons. The fourth-order valence-electron chi connectivity index (χ4n) is 5.74. The average molecular weight is 548 g/mol. The highest BCUT2D eigenvalue weighted by Gasteiger charge is 2.31. The summed E-state index contributed by atoms with van der Waals surface area (Å²) in [6, 6.07) is 18.6. The fraction of sp³-hybridized carbons (Fsp3) is 0.276. The Hall–Kier alpha value is -3.95. The van der Waals surface area contributed by atoms with Gasteiger partial charge < -0.3 is 20.3 Å². The van der Waals surface area contributed by atoms with Gasteiger partial charge in [-0.05, 0) is 34.4 Å². The van der Waals surface area contributed by atoms with Crippen molar-refractivity contribution in [3.8, 4) is 11.1 Å². The monoisotopic (exact) mass is 547 g/mol. The zero-order valence-corrected chi connectivity index (χ0v) is 21.9. The van der Waals surface area contributed by atoms with Crippen molar-refractivity contribution in [2.45, 2.75) is 12.3 Å². The van der Waals surface area contributed by atoms with E-state index in [0.717, 1.165) is 22.3 Å². The lowest BCUT2D eigenvalue weighted by Gasteiger charge is -2.32. The van der Waals surface area contributed by atoms with Crippen molar-refractivity contribution in [1.29, 1.82) is 0 Å². The van der Waals surface area contributed by atoms with Gasteiger partial charge in [0.2, 0.25) is 0 Å². The molecule has 3 aromatic carbocycles. The van der Waals surface area contributed by atoms with E-state index >= 15 is 0 Å². The second kappa shape index (κ2) is 10.3. The molecule has 10 heteroatoms. The van der Waals surface area contributed by atoms with Crippen LogP contribution in [0.25, 0.3) is 22.0 Å². The van der Waals surface area contributed by atoms with Crippen LogP contribution < -0.4 is 15.9 Å². The molecule has 4 aromatic rings. The molecule has 0 saturated carbocycles. The van der Waals surface area contributed by atoms with E-state index in [2.05, 4.69) is 22.4 Å². The number of nitrogens with one attached hydrogen (secondary N) is 1. The summed E-state index contributed by atoms with van der Waals surface area (Å²) < 4.78 is 16.2. The van der Waals surface area contributed by atoms with Gasteiger partial charge in [0.05, 0.1) is 10.4 Å². The van der Waals surface area contributed by atoms with Crippen LogP contribution in [0.4, 0.5) is 9.18 Å². The number of amides is 1. The quantitative estimate of drug-likeness (QED) is 0.378. The van der Waals surface area contributed by atoms with E-state index in [-0.39, 0.29) is 41.4 Å². The van der Waals surface area contributed by atoms with Gasteiger partial charge in [0.25, 0.3) is 5.56 Å². The summed E-state index contributed by atoms with van der Waals surface area (Å²) in [5.41, 5.74) is 3.84. The number of piperazine rings is 1. The Morgan fingerprint density at radius 3 is 2.33 bits per heavy atom. The van der Waals surface area contributed by atoms with E-state index < -0.39 is 17.5 Å². The van der Waals surface area contributed by atoms with Crippen molar-refractivity contribution in [2.24, 2.45) is 0 Å². The topological polar surface area (TPSA) is 90.7 Å². The smallest absolute Gasteiger partial charge is 0.407 e. The second-order valence-corrected chi connectivity index (χ2v) is 10.2. The van der Waals surface area contributed by atoms with Crippen LogP contribution in [0, 0.1) is 5.82 Å². The first-order valence-electron chi connectivity index (χ1n) is 13.0. The van der Waals surface area contributed by atoms with Crippen molar-refractivity contribution in [3.05, 3.63) is 98.8 Å². The molecular formula is C29H27ClFN5O3. The third kappa shape index (κ3) is 4.51.